The number of carbonyl (C=O) groups excluding carboxylic acids is 2. The average molecular weight is 604 g/mol. The minimum atomic E-state index is -0.492. The SMILES string of the molecule is O=C1C(=Cc2ccc(OCc3ccccc3Cl)c(Br)c2)C(=O)N(c2ccccc2)C(=S)N1c1ccccc1. The third kappa shape index (κ3) is 5.27. The van der Waals surface area contributed by atoms with E-state index in [2.05, 4.69) is 15.9 Å². The summed E-state index contributed by atoms with van der Waals surface area (Å²) < 4.78 is 6.61. The molecule has 0 saturated carbocycles. The second kappa shape index (κ2) is 11.3. The van der Waals surface area contributed by atoms with Crippen LogP contribution in [0.3, 0.4) is 0 Å². The highest BCUT2D eigenvalue weighted by Crippen LogP contribution is 2.32. The molecule has 0 N–H and O–H groups in total. The molecule has 0 spiro atoms. The monoisotopic (exact) mass is 602 g/mol. The normalized spacial score (nSPS) is 13.6. The lowest BCUT2D eigenvalue weighted by Crippen LogP contribution is -2.56. The molecular formula is C30H20BrClN2O3S. The molecule has 4 aromatic rings. The van der Waals surface area contributed by atoms with Crippen LogP contribution in [-0.2, 0) is 16.2 Å². The van der Waals surface area contributed by atoms with Gasteiger partial charge in [-0.3, -0.25) is 19.4 Å². The fourth-order valence-corrected chi connectivity index (χ4v) is 5.08. The molecule has 2 amide bonds. The van der Waals surface area contributed by atoms with E-state index in [-0.39, 0.29) is 10.7 Å². The standard InChI is InChI=1S/C30H20BrClN2O3S/c31-25-18-20(15-16-27(25)37-19-21-9-7-8-14-26(21)32)17-24-28(35)33(22-10-3-1-4-11-22)30(38)34(29(24)36)23-12-5-2-6-13-23/h1-18H,19H2. The first-order valence-corrected chi connectivity index (χ1v) is 13.2. The Labute approximate surface area is 239 Å². The summed E-state index contributed by atoms with van der Waals surface area (Å²) in [5.74, 6) is -0.381. The van der Waals surface area contributed by atoms with Gasteiger partial charge in [0.25, 0.3) is 11.8 Å². The molecule has 0 radical (unpaired) electrons. The molecule has 5 rings (SSSR count). The fourth-order valence-electron chi connectivity index (χ4n) is 4.00. The molecule has 1 aliphatic heterocycles. The van der Waals surface area contributed by atoms with Crippen LogP contribution in [-0.4, -0.2) is 16.9 Å². The average Bonchev–Trinajstić information content (AvgIpc) is 2.93. The summed E-state index contributed by atoms with van der Waals surface area (Å²) in [6.07, 6.45) is 1.57. The Morgan fingerprint density at radius 1 is 0.789 bits per heavy atom. The molecule has 4 aromatic carbocycles. The van der Waals surface area contributed by atoms with E-state index in [0.29, 0.717) is 38.8 Å². The van der Waals surface area contributed by atoms with Gasteiger partial charge in [0.2, 0.25) is 0 Å². The van der Waals surface area contributed by atoms with Crippen LogP contribution in [0.1, 0.15) is 11.1 Å². The maximum Gasteiger partial charge on any atom is 0.270 e. The van der Waals surface area contributed by atoms with Gasteiger partial charge in [0.15, 0.2) is 5.11 Å². The minimum absolute atomic E-state index is 0.0112. The molecule has 0 bridgehead atoms. The van der Waals surface area contributed by atoms with Gasteiger partial charge in [-0.15, -0.1) is 0 Å². The van der Waals surface area contributed by atoms with Gasteiger partial charge in [-0.05, 0) is 82.3 Å². The van der Waals surface area contributed by atoms with E-state index in [9.17, 15) is 9.59 Å². The van der Waals surface area contributed by atoms with E-state index in [1.807, 2.05) is 60.7 Å². The number of anilines is 2. The first kappa shape index (κ1) is 25.9. The van der Waals surface area contributed by atoms with Gasteiger partial charge >= 0.3 is 0 Å². The number of benzene rings is 4. The van der Waals surface area contributed by atoms with Crippen molar-refractivity contribution in [3.63, 3.8) is 0 Å². The number of amides is 2. The quantitative estimate of drug-likeness (QED) is 0.131. The van der Waals surface area contributed by atoms with Gasteiger partial charge < -0.3 is 4.74 Å². The zero-order valence-electron chi connectivity index (χ0n) is 19.9. The number of hydrogen-bond acceptors (Lipinski definition) is 4. The second-order valence-electron chi connectivity index (χ2n) is 8.36. The zero-order chi connectivity index (χ0) is 26.6. The number of nitrogens with zero attached hydrogens (tertiary/aromatic N) is 2. The number of thiocarbonyl (C=S) groups is 1. The maximum absolute atomic E-state index is 13.6. The Balaban J connectivity index is 1.49. The maximum atomic E-state index is 13.6. The number of ether oxygens (including phenoxy) is 1. The van der Waals surface area contributed by atoms with E-state index in [1.54, 1.807) is 48.5 Å². The van der Waals surface area contributed by atoms with Gasteiger partial charge in [-0.25, -0.2) is 0 Å². The van der Waals surface area contributed by atoms with Crippen LogP contribution in [0, 0.1) is 0 Å². The van der Waals surface area contributed by atoms with Crippen molar-refractivity contribution in [2.45, 2.75) is 6.61 Å². The number of rotatable bonds is 6. The Hall–Kier alpha value is -3.78. The number of halogens is 2. The summed E-state index contributed by atoms with van der Waals surface area (Å²) in [5, 5.41) is 0.724. The summed E-state index contributed by atoms with van der Waals surface area (Å²) in [4.78, 5) is 30.1. The van der Waals surface area contributed by atoms with E-state index < -0.39 is 11.8 Å². The van der Waals surface area contributed by atoms with Crippen molar-refractivity contribution in [2.24, 2.45) is 0 Å². The highest BCUT2D eigenvalue weighted by atomic mass is 79.9. The molecular weight excluding hydrogens is 584 g/mol. The third-order valence-electron chi connectivity index (χ3n) is 5.89. The van der Waals surface area contributed by atoms with E-state index in [0.717, 1.165) is 5.56 Å². The summed E-state index contributed by atoms with van der Waals surface area (Å²) in [7, 11) is 0. The van der Waals surface area contributed by atoms with Crippen molar-refractivity contribution in [1.82, 2.24) is 0 Å². The highest BCUT2D eigenvalue weighted by molar-refractivity contribution is 9.10. The molecule has 8 heteroatoms. The lowest BCUT2D eigenvalue weighted by Gasteiger charge is -2.36. The van der Waals surface area contributed by atoms with Crippen molar-refractivity contribution < 1.29 is 14.3 Å². The van der Waals surface area contributed by atoms with Crippen molar-refractivity contribution in [3.8, 4) is 5.75 Å². The Bertz CT molecular complexity index is 1500. The Kier molecular flexibility index (Phi) is 7.69. The third-order valence-corrected chi connectivity index (χ3v) is 7.24. The van der Waals surface area contributed by atoms with Gasteiger partial charge in [0.05, 0.1) is 15.8 Å². The van der Waals surface area contributed by atoms with Crippen LogP contribution in [0.15, 0.2) is 113 Å². The molecule has 1 heterocycles. The minimum Gasteiger partial charge on any atom is -0.488 e. The number of para-hydroxylation sites is 2. The smallest absolute Gasteiger partial charge is 0.270 e. The summed E-state index contributed by atoms with van der Waals surface area (Å²) >= 11 is 15.4. The predicted molar refractivity (Wildman–Crippen MR) is 158 cm³/mol. The van der Waals surface area contributed by atoms with E-state index >= 15 is 0 Å². The predicted octanol–water partition coefficient (Wildman–Crippen LogP) is 7.43. The second-order valence-corrected chi connectivity index (χ2v) is 9.99. The van der Waals surface area contributed by atoms with Crippen LogP contribution >= 0.6 is 39.7 Å². The van der Waals surface area contributed by atoms with Crippen LogP contribution in [0.2, 0.25) is 5.02 Å². The summed E-state index contributed by atoms with van der Waals surface area (Å²) in [5.41, 5.74) is 2.65. The van der Waals surface area contributed by atoms with E-state index in [1.165, 1.54) is 9.80 Å². The van der Waals surface area contributed by atoms with Gasteiger partial charge in [0.1, 0.15) is 17.9 Å². The topological polar surface area (TPSA) is 49.9 Å². The van der Waals surface area contributed by atoms with E-state index in [4.69, 9.17) is 28.6 Å². The molecule has 1 aliphatic rings. The molecule has 0 aliphatic carbocycles. The van der Waals surface area contributed by atoms with Gasteiger partial charge in [0, 0.05) is 10.6 Å². The molecule has 0 unspecified atom stereocenters. The fraction of sp³-hybridized carbons (Fsp3) is 0.0333. The van der Waals surface area contributed by atoms with Crippen molar-refractivity contribution in [2.75, 3.05) is 9.80 Å². The largest absolute Gasteiger partial charge is 0.488 e. The molecule has 5 nitrogen and oxygen atoms in total. The summed E-state index contributed by atoms with van der Waals surface area (Å²) in [6, 6.07) is 30.9. The highest BCUT2D eigenvalue weighted by Gasteiger charge is 2.41. The lowest BCUT2D eigenvalue weighted by molar-refractivity contribution is -0.120. The van der Waals surface area contributed by atoms with Crippen molar-refractivity contribution in [3.05, 3.63) is 129 Å². The number of hydrogen-bond donors (Lipinski definition) is 0. The molecule has 1 saturated heterocycles. The van der Waals surface area contributed by atoms with Crippen molar-refractivity contribution >= 4 is 74.1 Å². The van der Waals surface area contributed by atoms with Gasteiger partial charge in [-0.2, -0.15) is 0 Å². The van der Waals surface area contributed by atoms with Crippen LogP contribution < -0.4 is 14.5 Å². The molecule has 188 valence electrons. The van der Waals surface area contributed by atoms with Crippen LogP contribution in [0.5, 0.6) is 5.75 Å². The zero-order valence-corrected chi connectivity index (χ0v) is 23.0. The first-order chi connectivity index (χ1) is 18.4. The number of carbonyl (C=O) groups is 2. The van der Waals surface area contributed by atoms with Crippen molar-refractivity contribution in [1.29, 1.82) is 0 Å². The summed E-state index contributed by atoms with van der Waals surface area (Å²) in [6.45, 7) is 0.297. The van der Waals surface area contributed by atoms with Gasteiger partial charge in [-0.1, -0.05) is 72.3 Å². The van der Waals surface area contributed by atoms with Crippen LogP contribution in [0.25, 0.3) is 6.08 Å². The molecule has 1 fully saturated rings. The first-order valence-electron chi connectivity index (χ1n) is 11.6. The Morgan fingerprint density at radius 3 is 1.89 bits per heavy atom. The lowest BCUT2D eigenvalue weighted by atomic mass is 10.0. The molecule has 0 atom stereocenters. The van der Waals surface area contributed by atoms with Crippen LogP contribution in [0.4, 0.5) is 11.4 Å². The molecule has 38 heavy (non-hydrogen) atoms. The Morgan fingerprint density at radius 2 is 1.34 bits per heavy atom. The molecule has 0 aromatic heterocycles.